The summed E-state index contributed by atoms with van der Waals surface area (Å²) in [6.07, 6.45) is -1.92. The van der Waals surface area contributed by atoms with Crippen LogP contribution in [-0.2, 0) is 25.9 Å². The molecule has 28 heavy (non-hydrogen) atoms. The van der Waals surface area contributed by atoms with E-state index in [0.717, 1.165) is 6.20 Å². The lowest BCUT2D eigenvalue weighted by molar-refractivity contribution is -0.140. The van der Waals surface area contributed by atoms with Crippen LogP contribution in [0, 0.1) is 0 Å². The maximum Gasteiger partial charge on any atom is 0.418 e. The molecule has 1 aliphatic rings. The van der Waals surface area contributed by atoms with Gasteiger partial charge in [0.05, 0.1) is 27.1 Å². The van der Waals surface area contributed by atoms with Gasteiger partial charge in [-0.3, -0.25) is 4.79 Å². The van der Waals surface area contributed by atoms with Crippen LogP contribution in [0.15, 0.2) is 32.6 Å². The van der Waals surface area contributed by atoms with Gasteiger partial charge in [-0.2, -0.15) is 13.2 Å². The number of hydrogen-bond acceptors (Lipinski definition) is 7. The van der Waals surface area contributed by atoms with Crippen LogP contribution in [0.5, 0.6) is 0 Å². The van der Waals surface area contributed by atoms with Gasteiger partial charge in [-0.1, -0.05) is 5.16 Å². The number of halogens is 3. The molecule has 0 spiro atoms. The predicted octanol–water partition coefficient (Wildman–Crippen LogP) is 2.61. The van der Waals surface area contributed by atoms with Crippen molar-refractivity contribution in [2.75, 3.05) is 12.5 Å². The summed E-state index contributed by atoms with van der Waals surface area (Å²) >= 11 is 0. The summed E-state index contributed by atoms with van der Waals surface area (Å²) in [5.74, 6) is -1.15. The average molecular weight is 437 g/mol. The number of carbonyl (C=O) groups is 1. The van der Waals surface area contributed by atoms with E-state index in [4.69, 9.17) is 4.52 Å². The first-order chi connectivity index (χ1) is 12.7. The van der Waals surface area contributed by atoms with Crippen LogP contribution in [0.4, 0.5) is 13.2 Å². The van der Waals surface area contributed by atoms with Crippen LogP contribution in [0.25, 0.3) is 0 Å². The Morgan fingerprint density at radius 1 is 1.07 bits per heavy atom. The second-order valence-electron chi connectivity index (χ2n) is 6.56. The number of sulfone groups is 2. The fourth-order valence-electron chi connectivity index (χ4n) is 2.90. The minimum atomic E-state index is -5.30. The summed E-state index contributed by atoms with van der Waals surface area (Å²) in [5, 5.41) is 3.46. The Kier molecular flexibility index (Phi) is 4.70. The molecule has 0 bridgehead atoms. The topological polar surface area (TPSA) is 111 Å². The molecule has 152 valence electrons. The molecule has 12 heteroatoms. The van der Waals surface area contributed by atoms with E-state index in [9.17, 15) is 34.8 Å². The molecule has 0 N–H and O–H groups in total. The number of nitrogens with zero attached hydrogens (tertiary/aromatic N) is 1. The van der Waals surface area contributed by atoms with Crippen molar-refractivity contribution in [3.63, 3.8) is 0 Å². The summed E-state index contributed by atoms with van der Waals surface area (Å²) in [7, 11) is -8.99. The van der Waals surface area contributed by atoms with Gasteiger partial charge in [0.1, 0.15) is 0 Å². The molecule has 2 aromatic rings. The fourth-order valence-corrected chi connectivity index (χ4v) is 5.59. The van der Waals surface area contributed by atoms with Gasteiger partial charge in [-0.15, -0.1) is 0 Å². The first-order valence-electron chi connectivity index (χ1n) is 7.86. The zero-order chi connectivity index (χ0) is 21.1. The molecule has 1 aliphatic carbocycles. The van der Waals surface area contributed by atoms with Crippen molar-refractivity contribution < 1.29 is 39.3 Å². The Labute approximate surface area is 158 Å². The van der Waals surface area contributed by atoms with Crippen molar-refractivity contribution in [2.24, 2.45) is 0 Å². The Hall–Kier alpha value is -2.21. The third kappa shape index (κ3) is 3.70. The van der Waals surface area contributed by atoms with Gasteiger partial charge in [0.15, 0.2) is 31.2 Å². The van der Waals surface area contributed by atoms with Crippen molar-refractivity contribution in [1.82, 2.24) is 5.16 Å². The van der Waals surface area contributed by atoms with Crippen molar-refractivity contribution >= 4 is 25.5 Å². The number of carbonyl (C=O) groups excluding carboxylic acids is 1. The van der Waals surface area contributed by atoms with E-state index in [1.165, 1.54) is 0 Å². The van der Waals surface area contributed by atoms with E-state index in [-0.39, 0.29) is 17.2 Å². The number of benzene rings is 1. The summed E-state index contributed by atoms with van der Waals surface area (Å²) < 4.78 is 94.5. The number of rotatable bonds is 5. The molecule has 1 fully saturated rings. The monoisotopic (exact) mass is 437 g/mol. The smallest absolute Gasteiger partial charge is 0.360 e. The normalized spacial score (nSPS) is 15.6. The maximum atomic E-state index is 13.8. The SMILES string of the molecule is CS(=O)(=O)c1ccc(C(=O)c2cnoc2C2CC2)c(C(F)(F)F)c1S(C)(=O)=O. The van der Waals surface area contributed by atoms with Crippen LogP contribution in [0.1, 0.15) is 46.0 Å². The fraction of sp³-hybridized carbons (Fsp3) is 0.375. The number of hydrogen-bond donors (Lipinski definition) is 0. The molecule has 1 heterocycles. The molecule has 3 rings (SSSR count). The van der Waals surface area contributed by atoms with Gasteiger partial charge in [-0.25, -0.2) is 16.8 Å². The van der Waals surface area contributed by atoms with Crippen molar-refractivity contribution in [1.29, 1.82) is 0 Å². The molecule has 0 aliphatic heterocycles. The van der Waals surface area contributed by atoms with Crippen LogP contribution in [0.2, 0.25) is 0 Å². The van der Waals surface area contributed by atoms with Gasteiger partial charge >= 0.3 is 6.18 Å². The van der Waals surface area contributed by atoms with Gasteiger partial charge in [0.25, 0.3) is 0 Å². The lowest BCUT2D eigenvalue weighted by Crippen LogP contribution is -2.22. The molecular formula is C16H14F3NO6S2. The van der Waals surface area contributed by atoms with Crippen LogP contribution in [0.3, 0.4) is 0 Å². The van der Waals surface area contributed by atoms with Gasteiger partial charge < -0.3 is 4.52 Å². The molecule has 0 radical (unpaired) electrons. The van der Waals surface area contributed by atoms with Crippen LogP contribution < -0.4 is 0 Å². The lowest BCUT2D eigenvalue weighted by atomic mass is 9.97. The molecule has 0 saturated heterocycles. The zero-order valence-electron chi connectivity index (χ0n) is 14.6. The minimum absolute atomic E-state index is 0.131. The Bertz CT molecular complexity index is 1180. The Morgan fingerprint density at radius 3 is 2.14 bits per heavy atom. The molecule has 1 aromatic carbocycles. The highest BCUT2D eigenvalue weighted by Gasteiger charge is 2.44. The molecule has 7 nitrogen and oxygen atoms in total. The van der Waals surface area contributed by atoms with Crippen molar-refractivity contribution in [3.05, 3.63) is 40.8 Å². The number of aromatic nitrogens is 1. The summed E-state index contributed by atoms with van der Waals surface area (Å²) in [6.45, 7) is 0. The van der Waals surface area contributed by atoms with Crippen LogP contribution in [-0.4, -0.2) is 40.3 Å². The maximum absolute atomic E-state index is 13.8. The molecule has 1 saturated carbocycles. The highest BCUT2D eigenvalue weighted by atomic mass is 32.2. The first-order valence-corrected chi connectivity index (χ1v) is 11.6. The summed E-state index contributed by atoms with van der Waals surface area (Å²) in [5.41, 5.74) is -3.00. The molecule has 0 amide bonds. The van der Waals surface area contributed by atoms with Crippen LogP contribution >= 0.6 is 0 Å². The lowest BCUT2D eigenvalue weighted by Gasteiger charge is -2.18. The predicted molar refractivity (Wildman–Crippen MR) is 89.6 cm³/mol. The van der Waals surface area contributed by atoms with Crippen molar-refractivity contribution in [2.45, 2.75) is 34.7 Å². The highest BCUT2D eigenvalue weighted by molar-refractivity contribution is 7.93. The third-order valence-electron chi connectivity index (χ3n) is 4.21. The summed E-state index contributed by atoms with van der Waals surface area (Å²) in [4.78, 5) is 10.4. The highest BCUT2D eigenvalue weighted by Crippen LogP contribution is 2.44. The Balaban J connectivity index is 2.37. The minimum Gasteiger partial charge on any atom is -0.360 e. The zero-order valence-corrected chi connectivity index (χ0v) is 16.2. The first kappa shape index (κ1) is 20.5. The Morgan fingerprint density at radius 2 is 1.68 bits per heavy atom. The third-order valence-corrected chi connectivity index (χ3v) is 6.64. The van der Waals surface area contributed by atoms with E-state index in [0.29, 0.717) is 37.5 Å². The van der Waals surface area contributed by atoms with Crippen molar-refractivity contribution in [3.8, 4) is 0 Å². The van der Waals surface area contributed by atoms with E-state index in [1.54, 1.807) is 0 Å². The molecule has 0 atom stereocenters. The second kappa shape index (κ2) is 6.41. The van der Waals surface area contributed by atoms with Gasteiger partial charge in [-0.05, 0) is 25.0 Å². The van der Waals surface area contributed by atoms with Gasteiger partial charge in [0.2, 0.25) is 0 Å². The molecular weight excluding hydrogens is 423 g/mol. The molecule has 0 unspecified atom stereocenters. The largest absolute Gasteiger partial charge is 0.418 e. The number of ketones is 1. The number of alkyl halides is 3. The van der Waals surface area contributed by atoms with E-state index in [2.05, 4.69) is 5.16 Å². The molecule has 1 aromatic heterocycles. The summed E-state index contributed by atoms with van der Waals surface area (Å²) in [6, 6.07) is 1.36. The van der Waals surface area contributed by atoms with E-state index < -0.39 is 52.6 Å². The van der Waals surface area contributed by atoms with E-state index >= 15 is 0 Å². The van der Waals surface area contributed by atoms with Gasteiger partial charge in [0, 0.05) is 24.0 Å². The second-order valence-corrected chi connectivity index (χ2v) is 10.5. The average Bonchev–Trinajstić information content (AvgIpc) is 3.27. The van der Waals surface area contributed by atoms with E-state index in [1.807, 2.05) is 0 Å². The quantitative estimate of drug-likeness (QED) is 0.661. The standard InChI is InChI=1S/C16H14F3NO6S2/c1-27(22,23)11-6-5-9(12(16(17,18)19)15(11)28(2,24)25)13(21)10-7-20-26-14(10)8-3-4-8/h5-8H,3-4H2,1-2H3.